The maximum Gasteiger partial charge on any atom is 0.227 e. The third-order valence-corrected chi connectivity index (χ3v) is 4.96. The molecule has 0 radical (unpaired) electrons. The average molecular weight is 369 g/mol. The molecule has 1 aromatic carbocycles. The van der Waals surface area contributed by atoms with Crippen molar-refractivity contribution >= 4 is 23.4 Å². The second kappa shape index (κ2) is 7.73. The summed E-state index contributed by atoms with van der Waals surface area (Å²) in [7, 11) is 1.66. The number of hydrogen-bond donors (Lipinski definition) is 0. The first-order valence-electron chi connectivity index (χ1n) is 8.58. The van der Waals surface area contributed by atoms with Gasteiger partial charge in [-0.15, -0.1) is 0 Å². The van der Waals surface area contributed by atoms with E-state index in [1.807, 2.05) is 25.7 Å². The lowest BCUT2D eigenvalue weighted by atomic mass is 9.90. The molecule has 6 heteroatoms. The van der Waals surface area contributed by atoms with Crippen LogP contribution >= 0.6 is 11.6 Å². The molecule has 0 aromatic heterocycles. The van der Waals surface area contributed by atoms with Crippen LogP contribution < -0.4 is 0 Å². The summed E-state index contributed by atoms with van der Waals surface area (Å²) in [6.07, 6.45) is 1.27. The van der Waals surface area contributed by atoms with E-state index in [1.54, 1.807) is 19.2 Å². The zero-order chi connectivity index (χ0) is 18.8. The quantitative estimate of drug-likeness (QED) is 0.815. The smallest absolute Gasteiger partial charge is 0.227 e. The number of carbonyl (C=O) groups is 2. The Bertz CT molecular complexity index is 629. The predicted octanol–water partition coefficient (Wildman–Crippen LogP) is 3.72. The number of rotatable bonds is 3. The Balaban J connectivity index is 1.95. The topological polar surface area (TPSA) is 40.6 Å². The van der Waals surface area contributed by atoms with E-state index in [1.165, 1.54) is 11.0 Å². The average Bonchev–Trinajstić information content (AvgIpc) is 2.56. The van der Waals surface area contributed by atoms with Gasteiger partial charge >= 0.3 is 0 Å². The molecule has 1 fully saturated rings. The lowest BCUT2D eigenvalue weighted by Gasteiger charge is -2.36. The number of carbonyl (C=O) groups excluding carboxylic acids is 2. The van der Waals surface area contributed by atoms with Crippen LogP contribution in [0.1, 0.15) is 39.2 Å². The molecular weight excluding hydrogens is 343 g/mol. The standard InChI is InChI=1S/C19H26ClFN2O2/c1-19(2,3)18(25)23-10-8-13(9-11-23)17(24)22(4)12-14-15(20)6-5-7-16(14)21/h5-7,13H,8-12H2,1-4H3. The van der Waals surface area contributed by atoms with E-state index >= 15 is 0 Å². The van der Waals surface area contributed by atoms with Crippen LogP contribution in [0.2, 0.25) is 5.02 Å². The number of piperidine rings is 1. The van der Waals surface area contributed by atoms with Gasteiger partial charge in [0, 0.05) is 48.6 Å². The van der Waals surface area contributed by atoms with Gasteiger partial charge in [0.2, 0.25) is 11.8 Å². The summed E-state index contributed by atoms with van der Waals surface area (Å²) in [5, 5.41) is 0.324. The van der Waals surface area contributed by atoms with Crippen molar-refractivity contribution in [1.82, 2.24) is 9.80 Å². The van der Waals surface area contributed by atoms with Gasteiger partial charge in [-0.25, -0.2) is 4.39 Å². The third-order valence-electron chi connectivity index (χ3n) is 4.61. The fourth-order valence-corrected chi connectivity index (χ4v) is 3.34. The lowest BCUT2D eigenvalue weighted by molar-refractivity contribution is -0.144. The highest BCUT2D eigenvalue weighted by atomic mass is 35.5. The van der Waals surface area contributed by atoms with Gasteiger partial charge in [-0.1, -0.05) is 38.4 Å². The minimum atomic E-state index is -0.408. The fraction of sp³-hybridized carbons (Fsp3) is 0.579. The number of halogens is 2. The molecule has 1 aliphatic heterocycles. The maximum absolute atomic E-state index is 13.9. The molecule has 0 aliphatic carbocycles. The first kappa shape index (κ1) is 19.7. The van der Waals surface area contributed by atoms with E-state index in [9.17, 15) is 14.0 Å². The molecule has 1 aliphatic rings. The van der Waals surface area contributed by atoms with Crippen molar-refractivity contribution in [2.75, 3.05) is 20.1 Å². The summed E-state index contributed by atoms with van der Waals surface area (Å²) in [6.45, 7) is 7.02. The van der Waals surface area contributed by atoms with Crippen molar-refractivity contribution in [2.24, 2.45) is 11.3 Å². The SMILES string of the molecule is CN(Cc1c(F)cccc1Cl)C(=O)C1CCN(C(=O)C(C)(C)C)CC1. The van der Waals surface area contributed by atoms with Crippen LogP contribution in [0, 0.1) is 17.2 Å². The van der Waals surface area contributed by atoms with Gasteiger partial charge in [0.15, 0.2) is 0 Å². The summed E-state index contributed by atoms with van der Waals surface area (Å²) >= 11 is 6.04. The minimum Gasteiger partial charge on any atom is -0.342 e. The van der Waals surface area contributed by atoms with Crippen LogP contribution in [0.4, 0.5) is 4.39 Å². The van der Waals surface area contributed by atoms with Gasteiger partial charge in [-0.3, -0.25) is 9.59 Å². The van der Waals surface area contributed by atoms with Crippen molar-refractivity contribution in [3.63, 3.8) is 0 Å². The summed E-state index contributed by atoms with van der Waals surface area (Å²) in [5.41, 5.74) is -0.0738. The van der Waals surface area contributed by atoms with Crippen LogP contribution in [-0.4, -0.2) is 41.8 Å². The second-order valence-electron chi connectivity index (χ2n) is 7.71. The van der Waals surface area contributed by atoms with Gasteiger partial charge in [0.25, 0.3) is 0 Å². The molecule has 0 saturated carbocycles. The molecule has 2 amide bonds. The monoisotopic (exact) mass is 368 g/mol. The van der Waals surface area contributed by atoms with Crippen molar-refractivity contribution in [3.8, 4) is 0 Å². The first-order chi connectivity index (χ1) is 11.6. The number of nitrogens with zero attached hydrogens (tertiary/aromatic N) is 2. The Kier molecular flexibility index (Phi) is 6.09. The summed E-state index contributed by atoms with van der Waals surface area (Å²) in [6, 6.07) is 4.51. The number of likely N-dealkylation sites (tertiary alicyclic amines) is 1. The number of amides is 2. The molecular formula is C19H26ClFN2O2. The Morgan fingerprint density at radius 1 is 1.28 bits per heavy atom. The normalized spacial score (nSPS) is 16.0. The van der Waals surface area contributed by atoms with E-state index in [-0.39, 0.29) is 24.3 Å². The lowest BCUT2D eigenvalue weighted by Crippen LogP contribution is -2.46. The highest BCUT2D eigenvalue weighted by molar-refractivity contribution is 6.31. The molecule has 1 saturated heterocycles. The Morgan fingerprint density at radius 3 is 2.40 bits per heavy atom. The molecule has 25 heavy (non-hydrogen) atoms. The molecule has 0 unspecified atom stereocenters. The van der Waals surface area contributed by atoms with Gasteiger partial charge in [-0.05, 0) is 25.0 Å². The highest BCUT2D eigenvalue weighted by Crippen LogP contribution is 2.26. The Labute approximate surface area is 153 Å². The van der Waals surface area contributed by atoms with Crippen molar-refractivity contribution < 1.29 is 14.0 Å². The summed E-state index contributed by atoms with van der Waals surface area (Å²) < 4.78 is 13.9. The number of hydrogen-bond acceptors (Lipinski definition) is 2. The summed E-state index contributed by atoms with van der Waals surface area (Å²) in [4.78, 5) is 28.3. The molecule has 4 nitrogen and oxygen atoms in total. The molecule has 0 N–H and O–H groups in total. The zero-order valence-electron chi connectivity index (χ0n) is 15.3. The van der Waals surface area contributed by atoms with Crippen molar-refractivity contribution in [2.45, 2.75) is 40.2 Å². The maximum atomic E-state index is 13.9. The van der Waals surface area contributed by atoms with Crippen LogP contribution in [0.3, 0.4) is 0 Å². The third kappa shape index (κ3) is 4.72. The van der Waals surface area contributed by atoms with E-state index in [2.05, 4.69) is 0 Å². The largest absolute Gasteiger partial charge is 0.342 e. The van der Waals surface area contributed by atoms with E-state index in [4.69, 9.17) is 11.6 Å². The zero-order valence-corrected chi connectivity index (χ0v) is 16.1. The van der Waals surface area contributed by atoms with Crippen molar-refractivity contribution in [1.29, 1.82) is 0 Å². The summed E-state index contributed by atoms with van der Waals surface area (Å²) in [5.74, 6) is -0.454. The second-order valence-corrected chi connectivity index (χ2v) is 8.12. The predicted molar refractivity (Wildman–Crippen MR) is 96.6 cm³/mol. The van der Waals surface area contributed by atoms with Crippen LogP contribution in [0.25, 0.3) is 0 Å². The van der Waals surface area contributed by atoms with Crippen molar-refractivity contribution in [3.05, 3.63) is 34.6 Å². The van der Waals surface area contributed by atoms with Gasteiger partial charge in [0.1, 0.15) is 5.82 Å². The van der Waals surface area contributed by atoms with Crippen LogP contribution in [-0.2, 0) is 16.1 Å². The highest BCUT2D eigenvalue weighted by Gasteiger charge is 2.33. The Morgan fingerprint density at radius 2 is 1.88 bits per heavy atom. The van der Waals surface area contributed by atoms with Gasteiger partial charge in [-0.2, -0.15) is 0 Å². The molecule has 0 spiro atoms. The molecule has 1 aromatic rings. The van der Waals surface area contributed by atoms with Gasteiger partial charge < -0.3 is 9.80 Å². The number of benzene rings is 1. The molecule has 1 heterocycles. The molecule has 0 bridgehead atoms. The van der Waals surface area contributed by atoms with E-state index < -0.39 is 11.2 Å². The molecule has 0 atom stereocenters. The van der Waals surface area contributed by atoms with E-state index in [0.29, 0.717) is 36.5 Å². The molecule has 138 valence electrons. The fourth-order valence-electron chi connectivity index (χ4n) is 3.11. The first-order valence-corrected chi connectivity index (χ1v) is 8.96. The molecule has 2 rings (SSSR count). The van der Waals surface area contributed by atoms with Crippen LogP contribution in [0.15, 0.2) is 18.2 Å². The van der Waals surface area contributed by atoms with Gasteiger partial charge in [0.05, 0.1) is 0 Å². The van der Waals surface area contributed by atoms with E-state index in [0.717, 1.165) is 0 Å². The minimum absolute atomic E-state index is 0.0258. The van der Waals surface area contributed by atoms with Crippen LogP contribution in [0.5, 0.6) is 0 Å². The Hall–Kier alpha value is -1.62.